The second kappa shape index (κ2) is 5.09. The van der Waals surface area contributed by atoms with E-state index in [2.05, 4.69) is 23.1 Å². The number of rotatable bonds is 2. The molecule has 0 fully saturated rings. The lowest BCUT2D eigenvalue weighted by Crippen LogP contribution is -2.52. The predicted molar refractivity (Wildman–Crippen MR) is 85.5 cm³/mol. The van der Waals surface area contributed by atoms with Crippen LogP contribution in [0.5, 0.6) is 11.5 Å². The first-order valence-corrected chi connectivity index (χ1v) is 7.86. The van der Waals surface area contributed by atoms with Gasteiger partial charge >= 0.3 is 0 Å². The molecule has 3 aliphatic rings. The van der Waals surface area contributed by atoms with Crippen molar-refractivity contribution in [3.05, 3.63) is 47.1 Å². The summed E-state index contributed by atoms with van der Waals surface area (Å²) in [7, 11) is 3.26. The molecule has 0 saturated carbocycles. The molecule has 0 aromatic heterocycles. The van der Waals surface area contributed by atoms with E-state index in [1.165, 1.54) is 5.57 Å². The fraction of sp³-hybridized carbons (Fsp3) is 0.444. The highest BCUT2D eigenvalue weighted by atomic mass is 16.5. The highest BCUT2D eigenvalue weighted by Crippen LogP contribution is 2.54. The number of aromatic hydroxyl groups is 1. The van der Waals surface area contributed by atoms with E-state index >= 15 is 0 Å². The smallest absolute Gasteiger partial charge is 0.160 e. The topological polar surface area (TPSA) is 62.2 Å². The van der Waals surface area contributed by atoms with Crippen molar-refractivity contribution in [2.45, 2.75) is 24.2 Å². The number of phenols is 1. The number of aliphatic hydroxyl groups is 1. The summed E-state index contributed by atoms with van der Waals surface area (Å²) in [6, 6.07) is 3.51. The SMILES string of the molecule is COc1cc2c(cc1O)[C@H](O)CN1CC=C3C=C[C@H](OC)C[C@]321. The van der Waals surface area contributed by atoms with E-state index in [0.717, 1.165) is 24.1 Å². The van der Waals surface area contributed by atoms with E-state index < -0.39 is 6.10 Å². The zero-order valence-corrected chi connectivity index (χ0v) is 13.3. The first-order valence-electron chi connectivity index (χ1n) is 7.86. The highest BCUT2D eigenvalue weighted by molar-refractivity contribution is 5.57. The number of ether oxygens (including phenoxy) is 2. The van der Waals surface area contributed by atoms with Gasteiger partial charge in [-0.25, -0.2) is 0 Å². The van der Waals surface area contributed by atoms with Gasteiger partial charge in [-0.3, -0.25) is 4.90 Å². The number of benzene rings is 1. The van der Waals surface area contributed by atoms with Gasteiger partial charge < -0.3 is 19.7 Å². The maximum atomic E-state index is 10.5. The lowest BCUT2D eigenvalue weighted by atomic mass is 9.71. The Morgan fingerprint density at radius 1 is 1.30 bits per heavy atom. The first-order chi connectivity index (χ1) is 11.1. The Balaban J connectivity index is 1.95. The molecule has 2 heterocycles. The zero-order valence-electron chi connectivity index (χ0n) is 13.3. The fourth-order valence-electron chi connectivity index (χ4n) is 4.26. The van der Waals surface area contributed by atoms with Gasteiger partial charge in [-0.2, -0.15) is 0 Å². The van der Waals surface area contributed by atoms with E-state index in [1.807, 2.05) is 6.07 Å². The van der Waals surface area contributed by atoms with Crippen LogP contribution in [0.2, 0.25) is 0 Å². The molecule has 0 saturated heterocycles. The third kappa shape index (κ3) is 1.90. The molecule has 5 heteroatoms. The van der Waals surface area contributed by atoms with Crippen LogP contribution in [-0.4, -0.2) is 48.5 Å². The van der Waals surface area contributed by atoms with E-state index in [9.17, 15) is 10.2 Å². The van der Waals surface area contributed by atoms with Gasteiger partial charge in [-0.1, -0.05) is 18.2 Å². The summed E-state index contributed by atoms with van der Waals surface area (Å²) in [5.41, 5.74) is 2.69. The summed E-state index contributed by atoms with van der Waals surface area (Å²) >= 11 is 0. The van der Waals surface area contributed by atoms with Gasteiger partial charge in [0.05, 0.1) is 24.9 Å². The van der Waals surface area contributed by atoms with Crippen LogP contribution >= 0.6 is 0 Å². The van der Waals surface area contributed by atoms with Gasteiger partial charge in [-0.15, -0.1) is 0 Å². The van der Waals surface area contributed by atoms with Crippen molar-refractivity contribution >= 4 is 0 Å². The number of phenolic OH excluding ortho intramolecular Hbond substituents is 1. The molecule has 0 unspecified atom stereocenters. The molecule has 2 aliphatic heterocycles. The predicted octanol–water partition coefficient (Wildman–Crippen LogP) is 1.86. The van der Waals surface area contributed by atoms with Gasteiger partial charge in [-0.05, 0) is 28.8 Å². The maximum Gasteiger partial charge on any atom is 0.160 e. The van der Waals surface area contributed by atoms with Crippen molar-refractivity contribution in [2.75, 3.05) is 27.3 Å². The Morgan fingerprint density at radius 2 is 2.13 bits per heavy atom. The summed E-state index contributed by atoms with van der Waals surface area (Å²) < 4.78 is 10.9. The molecule has 4 rings (SSSR count). The number of nitrogens with zero attached hydrogens (tertiary/aromatic N) is 1. The molecule has 1 aromatic carbocycles. The molecular weight excluding hydrogens is 294 g/mol. The minimum atomic E-state index is -0.618. The third-order valence-electron chi connectivity index (χ3n) is 5.39. The summed E-state index contributed by atoms with van der Waals surface area (Å²) in [5.74, 6) is 0.496. The minimum absolute atomic E-state index is 0.0237. The molecule has 23 heavy (non-hydrogen) atoms. The van der Waals surface area contributed by atoms with Crippen molar-refractivity contribution in [1.82, 2.24) is 4.90 Å². The van der Waals surface area contributed by atoms with Gasteiger partial charge in [0.15, 0.2) is 11.5 Å². The lowest BCUT2D eigenvalue weighted by Gasteiger charge is -2.49. The Hall–Kier alpha value is -1.82. The molecule has 2 N–H and O–H groups in total. The number of fused-ring (bicyclic) bond motifs is 1. The Bertz CT molecular complexity index is 711. The summed E-state index contributed by atoms with van der Waals surface area (Å²) in [6.07, 6.45) is 6.62. The number of hydrogen-bond acceptors (Lipinski definition) is 5. The summed E-state index contributed by atoms with van der Waals surface area (Å²) in [5, 5.41) is 20.7. The van der Waals surface area contributed by atoms with E-state index in [4.69, 9.17) is 9.47 Å². The molecule has 1 spiro atoms. The van der Waals surface area contributed by atoms with Crippen LogP contribution in [0, 0.1) is 0 Å². The summed E-state index contributed by atoms with van der Waals surface area (Å²) in [4.78, 5) is 2.29. The average molecular weight is 315 g/mol. The Kier molecular flexibility index (Phi) is 3.27. The largest absolute Gasteiger partial charge is 0.504 e. The lowest BCUT2D eigenvalue weighted by molar-refractivity contribution is 0.0107. The fourth-order valence-corrected chi connectivity index (χ4v) is 4.26. The second-order valence-electron chi connectivity index (χ2n) is 6.39. The Labute approximate surface area is 135 Å². The van der Waals surface area contributed by atoms with Crippen molar-refractivity contribution in [3.8, 4) is 11.5 Å². The molecular formula is C18H21NO4. The van der Waals surface area contributed by atoms with Crippen molar-refractivity contribution in [2.24, 2.45) is 0 Å². The standard InChI is InChI=1S/C18H21NO4/c1-22-12-4-3-11-5-6-19-10-16(21)13-7-15(20)17(23-2)8-14(13)18(11,19)9-12/h3-5,7-8,12,16,20-21H,6,9-10H2,1-2H3/t12-,16+,18-/m0/s1. The monoisotopic (exact) mass is 315 g/mol. The minimum Gasteiger partial charge on any atom is -0.504 e. The van der Waals surface area contributed by atoms with Gasteiger partial charge in [0, 0.05) is 26.6 Å². The molecule has 5 nitrogen and oxygen atoms in total. The molecule has 0 bridgehead atoms. The van der Waals surface area contributed by atoms with Gasteiger partial charge in [0.1, 0.15) is 0 Å². The van der Waals surface area contributed by atoms with Crippen LogP contribution in [0.25, 0.3) is 0 Å². The Morgan fingerprint density at radius 3 is 2.87 bits per heavy atom. The quantitative estimate of drug-likeness (QED) is 0.872. The van der Waals surface area contributed by atoms with E-state index in [1.54, 1.807) is 20.3 Å². The molecule has 0 amide bonds. The molecule has 122 valence electrons. The number of methoxy groups -OCH3 is 2. The van der Waals surface area contributed by atoms with Crippen LogP contribution in [0.1, 0.15) is 23.7 Å². The molecule has 1 aliphatic carbocycles. The van der Waals surface area contributed by atoms with Crippen LogP contribution in [0.15, 0.2) is 35.9 Å². The third-order valence-corrected chi connectivity index (χ3v) is 5.39. The van der Waals surface area contributed by atoms with Crippen molar-refractivity contribution in [3.63, 3.8) is 0 Å². The molecule has 3 atom stereocenters. The number of aliphatic hydroxyl groups excluding tert-OH is 1. The van der Waals surface area contributed by atoms with Crippen LogP contribution < -0.4 is 4.74 Å². The molecule has 1 aromatic rings. The van der Waals surface area contributed by atoms with Crippen LogP contribution in [0.4, 0.5) is 0 Å². The normalized spacial score (nSPS) is 32.0. The van der Waals surface area contributed by atoms with Crippen LogP contribution in [-0.2, 0) is 10.3 Å². The maximum absolute atomic E-state index is 10.5. The number of hydrogen-bond donors (Lipinski definition) is 2. The van der Waals surface area contributed by atoms with Gasteiger partial charge in [0.2, 0.25) is 0 Å². The first kappa shape index (κ1) is 14.8. The zero-order chi connectivity index (χ0) is 16.2. The highest BCUT2D eigenvalue weighted by Gasteiger charge is 2.52. The average Bonchev–Trinajstić information content (AvgIpc) is 2.93. The molecule has 0 radical (unpaired) electrons. The van der Waals surface area contributed by atoms with Gasteiger partial charge in [0.25, 0.3) is 0 Å². The van der Waals surface area contributed by atoms with Crippen LogP contribution in [0.3, 0.4) is 0 Å². The van der Waals surface area contributed by atoms with E-state index in [0.29, 0.717) is 12.3 Å². The van der Waals surface area contributed by atoms with Crippen molar-refractivity contribution < 1.29 is 19.7 Å². The summed E-state index contributed by atoms with van der Waals surface area (Å²) in [6.45, 7) is 1.35. The van der Waals surface area contributed by atoms with Crippen molar-refractivity contribution in [1.29, 1.82) is 0 Å². The second-order valence-corrected chi connectivity index (χ2v) is 6.39. The van der Waals surface area contributed by atoms with E-state index in [-0.39, 0.29) is 17.4 Å².